The maximum absolute atomic E-state index is 12.7. The molecule has 0 bridgehead atoms. The Kier molecular flexibility index (Phi) is 4.94. The van der Waals surface area contributed by atoms with Gasteiger partial charge in [0.25, 0.3) is 0 Å². The van der Waals surface area contributed by atoms with Gasteiger partial charge in [-0.3, -0.25) is 4.79 Å². The van der Waals surface area contributed by atoms with E-state index in [4.69, 9.17) is 4.42 Å². The number of furan rings is 1. The van der Waals surface area contributed by atoms with Crippen LogP contribution in [0.3, 0.4) is 0 Å². The van der Waals surface area contributed by atoms with E-state index in [1.165, 1.54) is 11.8 Å². The van der Waals surface area contributed by atoms with Crippen LogP contribution in [-0.2, 0) is 11.8 Å². The Bertz CT molecular complexity index is 870. The molecule has 2 heterocycles. The van der Waals surface area contributed by atoms with Gasteiger partial charge in [-0.1, -0.05) is 42.1 Å². The Hall–Kier alpha value is -2.54. The number of carbonyl (C=O) groups excluding carboxylic acids is 1. The molecule has 2 aromatic heterocycles. The molecule has 3 aromatic rings. The van der Waals surface area contributed by atoms with E-state index >= 15 is 0 Å². The first-order valence-electron chi connectivity index (χ1n) is 7.85. The highest BCUT2D eigenvalue weighted by Crippen LogP contribution is 2.36. The molecule has 0 saturated heterocycles. The predicted molar refractivity (Wildman–Crippen MR) is 97.2 cm³/mol. The second-order valence-corrected chi connectivity index (χ2v) is 6.97. The second-order valence-electron chi connectivity index (χ2n) is 5.90. The lowest BCUT2D eigenvalue weighted by molar-refractivity contribution is -0.128. The Morgan fingerprint density at radius 2 is 1.92 bits per heavy atom. The minimum atomic E-state index is -0.377. The number of aromatic nitrogens is 3. The van der Waals surface area contributed by atoms with Crippen LogP contribution in [0.2, 0.25) is 0 Å². The molecule has 0 aliphatic rings. The van der Waals surface area contributed by atoms with Crippen LogP contribution >= 0.6 is 11.8 Å². The molecule has 0 aliphatic heterocycles. The third-order valence-electron chi connectivity index (χ3n) is 3.93. The van der Waals surface area contributed by atoms with Gasteiger partial charge in [0.15, 0.2) is 11.0 Å². The van der Waals surface area contributed by atoms with Crippen molar-refractivity contribution in [3.63, 3.8) is 0 Å². The summed E-state index contributed by atoms with van der Waals surface area (Å²) < 4.78 is 7.24. The zero-order chi connectivity index (χ0) is 18.0. The highest BCUT2D eigenvalue weighted by Gasteiger charge is 2.26. The normalized spacial score (nSPS) is 12.2. The van der Waals surface area contributed by atoms with Crippen LogP contribution in [-0.4, -0.2) is 39.7 Å². The minimum absolute atomic E-state index is 0.0141. The van der Waals surface area contributed by atoms with Crippen molar-refractivity contribution in [2.45, 2.75) is 17.3 Å². The van der Waals surface area contributed by atoms with E-state index in [-0.39, 0.29) is 11.2 Å². The molecular weight excluding hydrogens is 336 g/mol. The van der Waals surface area contributed by atoms with Crippen molar-refractivity contribution in [2.24, 2.45) is 7.05 Å². The van der Waals surface area contributed by atoms with Crippen molar-refractivity contribution in [2.75, 3.05) is 14.1 Å². The Morgan fingerprint density at radius 1 is 1.20 bits per heavy atom. The van der Waals surface area contributed by atoms with Crippen LogP contribution in [0.15, 0.2) is 52.2 Å². The monoisotopic (exact) mass is 356 g/mol. The molecule has 1 atom stereocenters. The molecule has 6 nitrogen and oxygen atoms in total. The van der Waals surface area contributed by atoms with Crippen molar-refractivity contribution < 1.29 is 9.21 Å². The first kappa shape index (κ1) is 17.3. The van der Waals surface area contributed by atoms with Crippen LogP contribution in [0.25, 0.3) is 11.4 Å². The molecule has 0 unspecified atom stereocenters. The van der Waals surface area contributed by atoms with E-state index in [1.54, 1.807) is 25.3 Å². The number of carbonyl (C=O) groups is 1. The van der Waals surface area contributed by atoms with Crippen molar-refractivity contribution in [3.8, 4) is 11.4 Å². The summed E-state index contributed by atoms with van der Waals surface area (Å²) in [5.74, 6) is 1.52. The maximum Gasteiger partial charge on any atom is 0.240 e. The maximum atomic E-state index is 12.7. The molecule has 130 valence electrons. The van der Waals surface area contributed by atoms with Crippen LogP contribution < -0.4 is 0 Å². The number of amides is 1. The van der Waals surface area contributed by atoms with E-state index in [0.29, 0.717) is 5.16 Å². The molecule has 25 heavy (non-hydrogen) atoms. The summed E-state index contributed by atoms with van der Waals surface area (Å²) in [6.45, 7) is 1.89. The highest BCUT2D eigenvalue weighted by molar-refractivity contribution is 8.00. The number of nitrogens with zero attached hydrogens (tertiary/aromatic N) is 4. The third-order valence-corrected chi connectivity index (χ3v) is 5.20. The third kappa shape index (κ3) is 3.46. The zero-order valence-electron chi connectivity index (χ0n) is 14.6. The molecular formula is C18H20N4O2S. The standard InChI is InChI=1S/C18H20N4O2S/c1-12-14(10-11-24-12)16-19-20-18(22(16)4)25-15(17(23)21(2)3)13-8-6-5-7-9-13/h5-11,15H,1-4H3/t15-/m1/s1. The van der Waals surface area contributed by atoms with Crippen molar-refractivity contribution in [1.29, 1.82) is 0 Å². The fourth-order valence-corrected chi connectivity index (χ4v) is 3.65. The fraction of sp³-hybridized carbons (Fsp3) is 0.278. The Balaban J connectivity index is 1.94. The molecule has 0 N–H and O–H groups in total. The molecule has 1 aromatic carbocycles. The smallest absolute Gasteiger partial charge is 0.240 e. The summed E-state index contributed by atoms with van der Waals surface area (Å²) in [7, 11) is 5.41. The van der Waals surface area contributed by atoms with Gasteiger partial charge in [-0.25, -0.2) is 0 Å². The molecule has 0 aliphatic carbocycles. The summed E-state index contributed by atoms with van der Waals surface area (Å²) in [5, 5.41) is 8.86. The second kappa shape index (κ2) is 7.14. The van der Waals surface area contributed by atoms with Gasteiger partial charge in [-0.2, -0.15) is 0 Å². The molecule has 0 saturated carbocycles. The van der Waals surface area contributed by atoms with Crippen molar-refractivity contribution >= 4 is 17.7 Å². The largest absolute Gasteiger partial charge is 0.469 e. The Morgan fingerprint density at radius 3 is 2.52 bits per heavy atom. The van der Waals surface area contributed by atoms with Crippen LogP contribution in [0.1, 0.15) is 16.6 Å². The van der Waals surface area contributed by atoms with E-state index in [0.717, 1.165) is 22.7 Å². The lowest BCUT2D eigenvalue weighted by atomic mass is 10.1. The van der Waals surface area contributed by atoms with Crippen LogP contribution in [0.4, 0.5) is 0 Å². The van der Waals surface area contributed by atoms with E-state index in [1.807, 2.05) is 54.9 Å². The number of hydrogen-bond donors (Lipinski definition) is 0. The number of rotatable bonds is 5. The number of likely N-dealkylation sites (N-methyl/N-ethyl adjacent to an activating group) is 1. The van der Waals surface area contributed by atoms with Crippen molar-refractivity contribution in [1.82, 2.24) is 19.7 Å². The van der Waals surface area contributed by atoms with E-state index in [9.17, 15) is 4.79 Å². The molecule has 0 radical (unpaired) electrons. The van der Waals surface area contributed by atoms with Gasteiger partial charge < -0.3 is 13.9 Å². The van der Waals surface area contributed by atoms with E-state index in [2.05, 4.69) is 10.2 Å². The topological polar surface area (TPSA) is 64.2 Å². The number of aryl methyl sites for hydroxylation is 1. The summed E-state index contributed by atoms with van der Waals surface area (Å²) in [6, 6.07) is 11.6. The van der Waals surface area contributed by atoms with Gasteiger partial charge in [0.2, 0.25) is 5.91 Å². The summed E-state index contributed by atoms with van der Waals surface area (Å²) in [6.07, 6.45) is 1.63. The lowest BCUT2D eigenvalue weighted by Gasteiger charge is -2.20. The zero-order valence-corrected chi connectivity index (χ0v) is 15.4. The van der Waals surface area contributed by atoms with Gasteiger partial charge in [-0.05, 0) is 18.6 Å². The van der Waals surface area contributed by atoms with Gasteiger partial charge in [0.05, 0.1) is 11.8 Å². The summed E-state index contributed by atoms with van der Waals surface area (Å²) >= 11 is 1.40. The number of thioether (sulfide) groups is 1. The molecule has 1 amide bonds. The SMILES string of the molecule is Cc1occc1-c1nnc(S[C@@H](C(=O)N(C)C)c2ccccc2)n1C. The highest BCUT2D eigenvalue weighted by atomic mass is 32.2. The molecule has 0 fully saturated rings. The summed E-state index contributed by atoms with van der Waals surface area (Å²) in [4.78, 5) is 14.3. The van der Waals surface area contributed by atoms with Gasteiger partial charge >= 0.3 is 0 Å². The van der Waals surface area contributed by atoms with Crippen LogP contribution in [0, 0.1) is 6.92 Å². The quantitative estimate of drug-likeness (QED) is 0.656. The average molecular weight is 356 g/mol. The van der Waals surface area contributed by atoms with Gasteiger partial charge in [-0.15, -0.1) is 10.2 Å². The lowest BCUT2D eigenvalue weighted by Crippen LogP contribution is -2.26. The predicted octanol–water partition coefficient (Wildman–Crippen LogP) is 3.31. The molecule has 7 heteroatoms. The van der Waals surface area contributed by atoms with E-state index < -0.39 is 0 Å². The van der Waals surface area contributed by atoms with Crippen molar-refractivity contribution in [3.05, 3.63) is 54.0 Å². The molecule has 0 spiro atoms. The first-order chi connectivity index (χ1) is 12.0. The summed E-state index contributed by atoms with van der Waals surface area (Å²) in [5.41, 5.74) is 1.84. The average Bonchev–Trinajstić information content (AvgIpc) is 3.18. The van der Waals surface area contributed by atoms with Crippen LogP contribution in [0.5, 0.6) is 0 Å². The molecule has 3 rings (SSSR count). The minimum Gasteiger partial charge on any atom is -0.469 e. The van der Waals surface area contributed by atoms with Gasteiger partial charge in [0, 0.05) is 21.1 Å². The Labute approximate surface area is 150 Å². The number of hydrogen-bond acceptors (Lipinski definition) is 5. The van der Waals surface area contributed by atoms with Gasteiger partial charge in [0.1, 0.15) is 11.0 Å². The number of benzene rings is 1. The fourth-order valence-electron chi connectivity index (χ4n) is 2.50. The first-order valence-corrected chi connectivity index (χ1v) is 8.73.